The molecule has 0 aliphatic carbocycles. The first-order chi connectivity index (χ1) is 18.7. The molecule has 0 radical (unpaired) electrons. The number of carbonyl (C=O) groups is 1. The van der Waals surface area contributed by atoms with Crippen molar-refractivity contribution in [2.75, 3.05) is 33.3 Å². The van der Waals surface area contributed by atoms with Crippen molar-refractivity contribution < 1.29 is 17.9 Å². The Morgan fingerprint density at radius 3 is 2.26 bits per heavy atom. The number of nitrogens with zero attached hydrogens (tertiary/aromatic N) is 3. The molecule has 2 aliphatic rings. The van der Waals surface area contributed by atoms with Gasteiger partial charge in [0.05, 0.1) is 17.2 Å². The van der Waals surface area contributed by atoms with Gasteiger partial charge in [-0.25, -0.2) is 8.42 Å². The van der Waals surface area contributed by atoms with Gasteiger partial charge in [0.2, 0.25) is 15.9 Å². The fraction of sp³-hybridized carbons (Fsp3) is 0.321. The van der Waals surface area contributed by atoms with Crippen LogP contribution in [0, 0.1) is 0 Å². The number of sulfonamides is 1. The molecule has 1 saturated heterocycles. The van der Waals surface area contributed by atoms with E-state index in [1.807, 2.05) is 36.4 Å². The number of piperazine rings is 1. The van der Waals surface area contributed by atoms with E-state index in [2.05, 4.69) is 4.90 Å². The zero-order valence-corrected chi connectivity index (χ0v) is 24.4. The van der Waals surface area contributed by atoms with E-state index in [0.717, 1.165) is 22.4 Å². The van der Waals surface area contributed by atoms with Crippen LogP contribution in [0.5, 0.6) is 5.75 Å². The number of carbonyl (C=O) groups excluding carboxylic acids is 1. The lowest BCUT2D eigenvalue weighted by molar-refractivity contribution is -0.137. The molecule has 2 aliphatic heterocycles. The summed E-state index contributed by atoms with van der Waals surface area (Å²) in [5, 5.41) is 0.687. The quantitative estimate of drug-likeness (QED) is 0.389. The number of rotatable bonds is 6. The Kier molecular flexibility index (Phi) is 8.42. The van der Waals surface area contributed by atoms with Crippen molar-refractivity contribution in [3.63, 3.8) is 0 Å². The number of ether oxygens (including phenoxy) is 1. The van der Waals surface area contributed by atoms with Crippen LogP contribution in [0.2, 0.25) is 15.1 Å². The average Bonchev–Trinajstić information content (AvgIpc) is 2.92. The molecule has 39 heavy (non-hydrogen) atoms. The largest absolute Gasteiger partial charge is 0.496 e. The molecule has 0 aromatic heterocycles. The second-order valence-corrected chi connectivity index (χ2v) is 12.7. The van der Waals surface area contributed by atoms with E-state index in [4.69, 9.17) is 39.5 Å². The van der Waals surface area contributed by atoms with Crippen LogP contribution in [0.3, 0.4) is 0 Å². The second-order valence-electron chi connectivity index (χ2n) is 9.65. The van der Waals surface area contributed by atoms with Gasteiger partial charge in [-0.3, -0.25) is 9.69 Å². The topological polar surface area (TPSA) is 70.2 Å². The maximum absolute atomic E-state index is 13.9. The Balaban J connectivity index is 1.37. The van der Waals surface area contributed by atoms with Crippen molar-refractivity contribution in [2.45, 2.75) is 30.4 Å². The lowest BCUT2D eigenvalue weighted by Gasteiger charge is -2.41. The van der Waals surface area contributed by atoms with Crippen LogP contribution in [0.1, 0.15) is 16.7 Å². The van der Waals surface area contributed by atoms with Crippen molar-refractivity contribution in [1.82, 2.24) is 14.1 Å². The molecule has 0 N–H and O–H groups in total. The molecule has 11 heteroatoms. The van der Waals surface area contributed by atoms with Gasteiger partial charge in [0.15, 0.2) is 0 Å². The van der Waals surface area contributed by atoms with E-state index in [1.54, 1.807) is 24.1 Å². The Labute approximate surface area is 243 Å². The summed E-state index contributed by atoms with van der Waals surface area (Å²) in [4.78, 5) is 17.7. The molecular weight excluding hydrogens is 581 g/mol. The summed E-state index contributed by atoms with van der Waals surface area (Å²) in [5.74, 6) is 0.536. The number of halogens is 3. The molecule has 0 saturated carbocycles. The minimum absolute atomic E-state index is 0.0256. The van der Waals surface area contributed by atoms with E-state index >= 15 is 0 Å². The number of hydrogen-bond donors (Lipinski definition) is 0. The predicted molar refractivity (Wildman–Crippen MR) is 153 cm³/mol. The minimum Gasteiger partial charge on any atom is -0.496 e. The summed E-state index contributed by atoms with van der Waals surface area (Å²) >= 11 is 18.8. The van der Waals surface area contributed by atoms with Crippen molar-refractivity contribution >= 4 is 50.7 Å². The van der Waals surface area contributed by atoms with E-state index in [0.29, 0.717) is 37.7 Å². The molecule has 2 heterocycles. The third kappa shape index (κ3) is 5.78. The lowest BCUT2D eigenvalue weighted by atomic mass is 9.95. The molecular formula is C28H28Cl3N3O4S. The van der Waals surface area contributed by atoms with Crippen LogP contribution < -0.4 is 4.74 Å². The van der Waals surface area contributed by atoms with Crippen molar-refractivity contribution in [1.29, 1.82) is 0 Å². The maximum atomic E-state index is 13.9. The fourth-order valence-corrected chi connectivity index (χ4v) is 8.11. The standard InChI is InChI=1S/C28H28Cl3N3O4S/c1-38-26-10-9-22(29)15-21(26)17-32-11-13-33(14-12-32)28(35)25-16-19-5-2-3-6-20(19)18-34(25)39(36,37)27-23(30)7-4-8-24(27)31/h2-10,15,25H,11-14,16-18H2,1H3. The summed E-state index contributed by atoms with van der Waals surface area (Å²) in [6.45, 7) is 2.90. The molecule has 3 aromatic rings. The van der Waals surface area contributed by atoms with Gasteiger partial charge in [-0.05, 0) is 47.9 Å². The third-order valence-electron chi connectivity index (χ3n) is 7.30. The van der Waals surface area contributed by atoms with Gasteiger partial charge in [-0.15, -0.1) is 0 Å². The highest BCUT2D eigenvalue weighted by Gasteiger charge is 2.43. The van der Waals surface area contributed by atoms with E-state index in [1.165, 1.54) is 16.4 Å². The van der Waals surface area contributed by atoms with Gasteiger partial charge in [0.1, 0.15) is 16.7 Å². The van der Waals surface area contributed by atoms with Crippen LogP contribution in [-0.2, 0) is 34.3 Å². The Bertz CT molecular complexity index is 1470. The fourth-order valence-electron chi connectivity index (χ4n) is 5.26. The zero-order chi connectivity index (χ0) is 27.7. The second kappa shape index (κ2) is 11.6. The summed E-state index contributed by atoms with van der Waals surface area (Å²) in [6, 6.07) is 16.8. The summed E-state index contributed by atoms with van der Waals surface area (Å²) in [5.41, 5.74) is 2.79. The van der Waals surface area contributed by atoms with Gasteiger partial charge >= 0.3 is 0 Å². The average molecular weight is 609 g/mol. The molecule has 206 valence electrons. The van der Waals surface area contributed by atoms with Crippen molar-refractivity contribution in [3.05, 3.63) is 92.4 Å². The van der Waals surface area contributed by atoms with Gasteiger partial charge in [-0.1, -0.05) is 65.1 Å². The molecule has 3 aromatic carbocycles. The van der Waals surface area contributed by atoms with E-state index in [-0.39, 0.29) is 33.8 Å². The smallest absolute Gasteiger partial charge is 0.247 e. The molecule has 7 nitrogen and oxygen atoms in total. The number of hydrogen-bond acceptors (Lipinski definition) is 5. The first-order valence-electron chi connectivity index (χ1n) is 12.5. The number of amides is 1. The summed E-state index contributed by atoms with van der Waals surface area (Å²) in [6.07, 6.45) is 0.274. The van der Waals surface area contributed by atoms with Gasteiger partial charge < -0.3 is 9.64 Å². The molecule has 1 unspecified atom stereocenters. The van der Waals surface area contributed by atoms with Crippen molar-refractivity contribution in [2.24, 2.45) is 0 Å². The Morgan fingerprint density at radius 1 is 0.923 bits per heavy atom. The monoisotopic (exact) mass is 607 g/mol. The number of methoxy groups -OCH3 is 1. The van der Waals surface area contributed by atoms with Gasteiger partial charge in [0, 0.05) is 49.9 Å². The van der Waals surface area contributed by atoms with Gasteiger partial charge in [0.25, 0.3) is 0 Å². The zero-order valence-electron chi connectivity index (χ0n) is 21.3. The molecule has 1 amide bonds. The molecule has 1 atom stereocenters. The molecule has 1 fully saturated rings. The highest BCUT2D eigenvalue weighted by molar-refractivity contribution is 7.89. The third-order valence-corrected chi connectivity index (χ3v) is 10.3. The van der Waals surface area contributed by atoms with Crippen LogP contribution in [0.25, 0.3) is 0 Å². The van der Waals surface area contributed by atoms with Crippen LogP contribution in [0.15, 0.2) is 65.6 Å². The molecule has 0 bridgehead atoms. The maximum Gasteiger partial charge on any atom is 0.247 e. The van der Waals surface area contributed by atoms with Gasteiger partial charge in [-0.2, -0.15) is 4.31 Å². The van der Waals surface area contributed by atoms with E-state index in [9.17, 15) is 13.2 Å². The normalized spacial score (nSPS) is 18.6. The highest BCUT2D eigenvalue weighted by Crippen LogP contribution is 2.36. The highest BCUT2D eigenvalue weighted by atomic mass is 35.5. The Hall–Kier alpha value is -2.33. The number of benzene rings is 3. The SMILES string of the molecule is COc1ccc(Cl)cc1CN1CCN(C(=O)C2Cc3ccccc3CN2S(=O)(=O)c2c(Cl)cccc2Cl)CC1. The Morgan fingerprint density at radius 2 is 1.59 bits per heavy atom. The van der Waals surface area contributed by atoms with Crippen LogP contribution in [-0.4, -0.2) is 67.8 Å². The predicted octanol–water partition coefficient (Wildman–Crippen LogP) is 5.12. The molecule has 5 rings (SSSR count). The van der Waals surface area contributed by atoms with E-state index < -0.39 is 16.1 Å². The summed E-state index contributed by atoms with van der Waals surface area (Å²) in [7, 11) is -2.55. The van der Waals surface area contributed by atoms with Crippen molar-refractivity contribution in [3.8, 4) is 5.75 Å². The van der Waals surface area contributed by atoms with Crippen LogP contribution in [0.4, 0.5) is 0 Å². The molecule has 0 spiro atoms. The van der Waals surface area contributed by atoms with Crippen LogP contribution >= 0.6 is 34.8 Å². The first-order valence-corrected chi connectivity index (χ1v) is 15.1. The summed E-state index contributed by atoms with van der Waals surface area (Å²) < 4.78 is 34.6. The lowest BCUT2D eigenvalue weighted by Crippen LogP contribution is -2.57. The number of fused-ring (bicyclic) bond motifs is 1. The minimum atomic E-state index is -4.18. The first kappa shape index (κ1) is 28.2.